The van der Waals surface area contributed by atoms with Crippen molar-refractivity contribution in [3.63, 3.8) is 0 Å². The van der Waals surface area contributed by atoms with Crippen molar-refractivity contribution in [2.45, 2.75) is 56.5 Å². The number of fused-ring (bicyclic) bond motifs is 1. The molecule has 2 aromatic carbocycles. The van der Waals surface area contributed by atoms with Crippen LogP contribution in [-0.4, -0.2) is 34.8 Å². The molecule has 0 saturated carbocycles. The Bertz CT molecular complexity index is 1330. The van der Waals surface area contributed by atoms with Gasteiger partial charge >= 0.3 is 0 Å². The molecule has 3 N–H and O–H groups in total. The van der Waals surface area contributed by atoms with Gasteiger partial charge in [-0.3, -0.25) is 9.36 Å². The number of hydrogen-bond donors (Lipinski definition) is 2. The van der Waals surface area contributed by atoms with Crippen LogP contribution < -0.4 is 10.5 Å². The van der Waals surface area contributed by atoms with Gasteiger partial charge in [-0.15, -0.1) is 10.2 Å². The Morgan fingerprint density at radius 1 is 1.06 bits per heavy atom. The number of amides is 1. The number of hydrogen-bond acceptors (Lipinski definition) is 6. The van der Waals surface area contributed by atoms with Gasteiger partial charge in [0.05, 0.1) is 16.3 Å². The van der Waals surface area contributed by atoms with E-state index in [4.69, 9.17) is 5.14 Å². The van der Waals surface area contributed by atoms with Crippen LogP contribution in [-0.2, 0) is 27.7 Å². The molecule has 1 aromatic heterocycles. The fourth-order valence-electron chi connectivity index (χ4n) is 4.22. The lowest BCUT2D eigenvalue weighted by molar-refractivity contribution is -0.113. The van der Waals surface area contributed by atoms with Crippen molar-refractivity contribution in [2.24, 2.45) is 5.14 Å². The Kier molecular flexibility index (Phi) is 6.60. The second-order valence-corrected chi connectivity index (χ2v) is 10.8. The van der Waals surface area contributed by atoms with Crippen molar-refractivity contribution in [1.82, 2.24) is 14.8 Å². The largest absolute Gasteiger partial charge is 0.325 e. The van der Waals surface area contributed by atoms with Crippen LogP contribution in [0.1, 0.15) is 40.9 Å². The topological polar surface area (TPSA) is 120 Å². The molecular formula is C23H27N5O3S2. The summed E-state index contributed by atoms with van der Waals surface area (Å²) in [5.41, 5.74) is 6.33. The van der Waals surface area contributed by atoms with E-state index in [1.54, 1.807) is 13.0 Å². The molecule has 0 radical (unpaired) electrons. The maximum Gasteiger partial charge on any atom is 0.238 e. The molecule has 1 aliphatic rings. The fourth-order valence-corrected chi connectivity index (χ4v) is 5.61. The number of aromatic nitrogens is 3. The third-order valence-electron chi connectivity index (χ3n) is 5.91. The predicted octanol–water partition coefficient (Wildman–Crippen LogP) is 3.45. The van der Waals surface area contributed by atoms with Gasteiger partial charge in [0.25, 0.3) is 0 Å². The van der Waals surface area contributed by atoms with Crippen LogP contribution in [0.5, 0.6) is 0 Å². The Morgan fingerprint density at radius 3 is 2.48 bits per heavy atom. The molecule has 33 heavy (non-hydrogen) atoms. The van der Waals surface area contributed by atoms with Crippen LogP contribution in [0.4, 0.5) is 5.69 Å². The number of sulfonamides is 1. The van der Waals surface area contributed by atoms with Crippen molar-refractivity contribution in [3.8, 4) is 5.69 Å². The van der Waals surface area contributed by atoms with Crippen LogP contribution in [0.15, 0.2) is 40.4 Å². The first-order chi connectivity index (χ1) is 15.6. The zero-order valence-corrected chi connectivity index (χ0v) is 20.5. The van der Waals surface area contributed by atoms with Gasteiger partial charge in [-0.25, -0.2) is 13.6 Å². The second kappa shape index (κ2) is 9.28. The summed E-state index contributed by atoms with van der Waals surface area (Å²) in [6.45, 7) is 5.80. The van der Waals surface area contributed by atoms with Crippen molar-refractivity contribution >= 4 is 33.4 Å². The number of nitrogens with two attached hydrogens (primary N) is 1. The summed E-state index contributed by atoms with van der Waals surface area (Å²) in [5.74, 6) is 0.705. The number of nitrogens with zero attached hydrogens (tertiary/aromatic N) is 3. The van der Waals surface area contributed by atoms with E-state index in [-0.39, 0.29) is 16.6 Å². The van der Waals surface area contributed by atoms with Gasteiger partial charge in [0, 0.05) is 5.69 Å². The minimum Gasteiger partial charge on any atom is -0.325 e. The summed E-state index contributed by atoms with van der Waals surface area (Å²) in [5, 5.41) is 17.2. The van der Waals surface area contributed by atoms with Crippen molar-refractivity contribution < 1.29 is 13.2 Å². The highest BCUT2D eigenvalue weighted by Crippen LogP contribution is 2.32. The van der Waals surface area contributed by atoms with Crippen LogP contribution in [0, 0.1) is 20.8 Å². The number of anilines is 1. The first kappa shape index (κ1) is 23.5. The lowest BCUT2D eigenvalue weighted by Gasteiger charge is -2.23. The van der Waals surface area contributed by atoms with Crippen molar-refractivity contribution in [1.29, 1.82) is 0 Å². The van der Waals surface area contributed by atoms with Gasteiger partial charge in [0.1, 0.15) is 5.82 Å². The monoisotopic (exact) mass is 485 g/mol. The average molecular weight is 486 g/mol. The van der Waals surface area contributed by atoms with Crippen molar-refractivity contribution in [3.05, 3.63) is 58.4 Å². The molecule has 0 atom stereocenters. The van der Waals surface area contributed by atoms with E-state index in [0.29, 0.717) is 16.4 Å². The van der Waals surface area contributed by atoms with E-state index in [0.717, 1.165) is 24.4 Å². The van der Waals surface area contributed by atoms with Gasteiger partial charge < -0.3 is 5.32 Å². The highest BCUT2D eigenvalue weighted by atomic mass is 32.2. The molecule has 8 nitrogen and oxygen atoms in total. The first-order valence-corrected chi connectivity index (χ1v) is 13.3. The van der Waals surface area contributed by atoms with Gasteiger partial charge in [0.15, 0.2) is 5.16 Å². The smallest absolute Gasteiger partial charge is 0.238 e. The number of primary sulfonamides is 1. The Balaban J connectivity index is 1.52. The molecule has 10 heteroatoms. The third-order valence-corrected chi connectivity index (χ3v) is 7.75. The van der Waals surface area contributed by atoms with Crippen LogP contribution in [0.2, 0.25) is 0 Å². The number of carbonyl (C=O) groups excluding carboxylic acids is 1. The summed E-state index contributed by atoms with van der Waals surface area (Å²) in [7, 11) is -3.79. The molecule has 0 bridgehead atoms. The third kappa shape index (κ3) is 4.97. The first-order valence-electron chi connectivity index (χ1n) is 10.7. The SMILES string of the molecule is Cc1cc(S(N)(=O)=O)ccc1NC(=O)CSc1nnc(C)n1-c1ccc(C)c2c1CCCC2. The van der Waals surface area contributed by atoms with E-state index in [1.807, 2.05) is 11.5 Å². The van der Waals surface area contributed by atoms with Crippen LogP contribution in [0.3, 0.4) is 0 Å². The van der Waals surface area contributed by atoms with E-state index in [9.17, 15) is 13.2 Å². The van der Waals surface area contributed by atoms with Gasteiger partial charge in [-0.1, -0.05) is 17.8 Å². The molecule has 1 heterocycles. The molecular weight excluding hydrogens is 458 g/mol. The Hall–Kier alpha value is -2.69. The highest BCUT2D eigenvalue weighted by molar-refractivity contribution is 7.99. The molecule has 174 valence electrons. The number of aryl methyl sites for hydroxylation is 3. The molecule has 0 fully saturated rings. The summed E-state index contributed by atoms with van der Waals surface area (Å²) >= 11 is 1.32. The van der Waals surface area contributed by atoms with Crippen LogP contribution in [0.25, 0.3) is 5.69 Å². The minimum absolute atomic E-state index is 0.0115. The summed E-state index contributed by atoms with van der Waals surface area (Å²) < 4.78 is 25.1. The molecule has 0 aliphatic heterocycles. The molecule has 0 saturated heterocycles. The van der Waals surface area contributed by atoms with Crippen LogP contribution >= 0.6 is 11.8 Å². The molecule has 0 unspecified atom stereocenters. The molecule has 1 aliphatic carbocycles. The van der Waals surface area contributed by atoms with E-state index in [1.165, 1.54) is 53.4 Å². The van der Waals surface area contributed by atoms with Gasteiger partial charge in [-0.2, -0.15) is 0 Å². The Labute approximate surface area is 198 Å². The van der Waals surface area contributed by atoms with Gasteiger partial charge in [-0.05, 0) is 93.0 Å². The number of nitrogens with one attached hydrogen (secondary N) is 1. The maximum absolute atomic E-state index is 12.6. The zero-order chi connectivity index (χ0) is 23.8. The van der Waals surface area contributed by atoms with Gasteiger partial charge in [0.2, 0.25) is 15.9 Å². The van der Waals surface area contributed by atoms with E-state index in [2.05, 4.69) is 34.6 Å². The van der Waals surface area contributed by atoms with E-state index < -0.39 is 10.0 Å². The fraction of sp³-hybridized carbons (Fsp3) is 0.348. The Morgan fingerprint density at radius 2 is 1.79 bits per heavy atom. The van der Waals surface area contributed by atoms with E-state index >= 15 is 0 Å². The number of carbonyl (C=O) groups is 1. The number of thioether (sulfide) groups is 1. The lowest BCUT2D eigenvalue weighted by Crippen LogP contribution is -2.17. The predicted molar refractivity (Wildman–Crippen MR) is 129 cm³/mol. The summed E-state index contributed by atoms with van der Waals surface area (Å²) in [6.07, 6.45) is 4.49. The molecule has 4 rings (SSSR count). The quantitative estimate of drug-likeness (QED) is 0.516. The summed E-state index contributed by atoms with van der Waals surface area (Å²) in [6, 6.07) is 8.64. The second-order valence-electron chi connectivity index (χ2n) is 8.29. The maximum atomic E-state index is 12.6. The zero-order valence-electron chi connectivity index (χ0n) is 18.9. The molecule has 1 amide bonds. The molecule has 0 spiro atoms. The highest BCUT2D eigenvalue weighted by Gasteiger charge is 2.21. The number of rotatable bonds is 6. The lowest BCUT2D eigenvalue weighted by atomic mass is 9.87. The summed E-state index contributed by atoms with van der Waals surface area (Å²) in [4.78, 5) is 12.6. The molecule has 3 aromatic rings. The average Bonchev–Trinajstić information content (AvgIpc) is 3.14. The standard InChI is InChI=1S/C23H27N5O3S2/c1-14-8-11-21(19-7-5-4-6-18(14)19)28-16(3)26-27-23(28)32-13-22(29)25-20-10-9-17(12-15(20)2)33(24,30)31/h8-12H,4-7,13H2,1-3H3,(H,25,29)(H2,24,30,31). The normalized spacial score (nSPS) is 13.6. The minimum atomic E-state index is -3.79. The van der Waals surface area contributed by atoms with Crippen molar-refractivity contribution in [2.75, 3.05) is 11.1 Å². The number of benzene rings is 2.